The number of carbonyl (C=O) groups is 1. The second-order valence-corrected chi connectivity index (χ2v) is 4.60. The molecule has 0 amide bonds. The monoisotopic (exact) mass is 249 g/mol. The van der Waals surface area contributed by atoms with E-state index in [2.05, 4.69) is 6.92 Å². The van der Waals surface area contributed by atoms with Crippen molar-refractivity contribution < 1.29 is 14.3 Å². The van der Waals surface area contributed by atoms with Gasteiger partial charge in [0.2, 0.25) is 0 Å². The van der Waals surface area contributed by atoms with Crippen LogP contribution in [0.4, 0.5) is 0 Å². The van der Waals surface area contributed by atoms with Crippen molar-refractivity contribution in [2.24, 2.45) is 5.73 Å². The zero-order valence-electron chi connectivity index (χ0n) is 10.2. The second-order valence-electron chi connectivity index (χ2n) is 3.37. The molecule has 16 heavy (non-hydrogen) atoms. The Kier molecular flexibility index (Phi) is 11.0. The molecule has 2 N–H and O–H groups in total. The standard InChI is InChI=1S/C11H23NO3S/c1-3-6-14-7-9-16-8-5-10(12)11(13)15-4-2/h10H,3-9,12H2,1-2H3. The lowest BCUT2D eigenvalue weighted by Crippen LogP contribution is -2.32. The van der Waals surface area contributed by atoms with Crippen LogP contribution in [0, 0.1) is 0 Å². The summed E-state index contributed by atoms with van der Waals surface area (Å²) >= 11 is 1.75. The van der Waals surface area contributed by atoms with Gasteiger partial charge in [-0.3, -0.25) is 4.79 Å². The highest BCUT2D eigenvalue weighted by Crippen LogP contribution is 2.05. The van der Waals surface area contributed by atoms with Crippen molar-refractivity contribution in [2.45, 2.75) is 32.7 Å². The number of hydrogen-bond acceptors (Lipinski definition) is 5. The summed E-state index contributed by atoms with van der Waals surface area (Å²) in [4.78, 5) is 11.2. The van der Waals surface area contributed by atoms with Crippen LogP contribution < -0.4 is 5.73 Å². The minimum absolute atomic E-state index is 0.301. The number of esters is 1. The molecule has 1 unspecified atom stereocenters. The molecule has 0 aromatic rings. The highest BCUT2D eigenvalue weighted by Gasteiger charge is 2.13. The molecule has 0 aromatic heterocycles. The van der Waals surface area contributed by atoms with Crippen LogP contribution in [0.3, 0.4) is 0 Å². The maximum Gasteiger partial charge on any atom is 0.322 e. The van der Waals surface area contributed by atoms with Crippen LogP contribution in [0.1, 0.15) is 26.7 Å². The van der Waals surface area contributed by atoms with E-state index in [-0.39, 0.29) is 5.97 Å². The van der Waals surface area contributed by atoms with E-state index in [0.717, 1.165) is 31.1 Å². The van der Waals surface area contributed by atoms with E-state index in [0.29, 0.717) is 13.0 Å². The molecule has 0 aliphatic heterocycles. The number of nitrogens with two attached hydrogens (primary N) is 1. The van der Waals surface area contributed by atoms with Crippen molar-refractivity contribution in [3.63, 3.8) is 0 Å². The van der Waals surface area contributed by atoms with Crippen molar-refractivity contribution in [1.82, 2.24) is 0 Å². The van der Waals surface area contributed by atoms with Gasteiger partial charge >= 0.3 is 5.97 Å². The number of ether oxygens (including phenoxy) is 2. The SMILES string of the molecule is CCCOCCSCCC(N)C(=O)OCC. The molecule has 0 fully saturated rings. The number of rotatable bonds is 10. The zero-order valence-corrected chi connectivity index (χ0v) is 11.1. The van der Waals surface area contributed by atoms with Crippen molar-refractivity contribution in [3.8, 4) is 0 Å². The predicted molar refractivity (Wildman–Crippen MR) is 67.7 cm³/mol. The average Bonchev–Trinajstić information content (AvgIpc) is 2.28. The molecule has 0 spiro atoms. The van der Waals surface area contributed by atoms with Crippen LogP contribution in [-0.2, 0) is 14.3 Å². The topological polar surface area (TPSA) is 61.5 Å². The Labute approximate surface area is 102 Å². The Balaban J connectivity index is 3.27. The minimum Gasteiger partial charge on any atom is -0.465 e. The molecule has 0 saturated carbocycles. The Morgan fingerprint density at radius 3 is 2.69 bits per heavy atom. The smallest absolute Gasteiger partial charge is 0.322 e. The highest BCUT2D eigenvalue weighted by molar-refractivity contribution is 7.99. The summed E-state index contributed by atoms with van der Waals surface area (Å²) in [6.07, 6.45) is 1.72. The summed E-state index contributed by atoms with van der Waals surface area (Å²) < 4.78 is 10.1. The lowest BCUT2D eigenvalue weighted by atomic mass is 10.2. The van der Waals surface area contributed by atoms with Gasteiger partial charge in [-0.15, -0.1) is 0 Å². The molecular formula is C11H23NO3S. The molecular weight excluding hydrogens is 226 g/mol. The van der Waals surface area contributed by atoms with E-state index in [1.165, 1.54) is 0 Å². The first-order valence-corrected chi connectivity index (χ1v) is 6.95. The summed E-state index contributed by atoms with van der Waals surface area (Å²) in [6, 6.07) is -0.482. The van der Waals surface area contributed by atoms with Crippen LogP contribution in [0.2, 0.25) is 0 Å². The fourth-order valence-corrected chi connectivity index (χ4v) is 1.90. The summed E-state index contributed by atoms with van der Waals surface area (Å²) in [5, 5.41) is 0. The van der Waals surface area contributed by atoms with Crippen molar-refractivity contribution in [2.75, 3.05) is 31.3 Å². The van der Waals surface area contributed by atoms with Gasteiger partial charge in [-0.2, -0.15) is 11.8 Å². The fraction of sp³-hybridized carbons (Fsp3) is 0.909. The molecule has 0 aliphatic rings. The number of hydrogen-bond donors (Lipinski definition) is 1. The third-order valence-electron chi connectivity index (χ3n) is 1.88. The van der Waals surface area contributed by atoms with E-state index in [1.807, 2.05) is 0 Å². The maximum absolute atomic E-state index is 11.2. The Bertz CT molecular complexity index is 179. The predicted octanol–water partition coefficient (Wildman–Crippen LogP) is 1.43. The van der Waals surface area contributed by atoms with Crippen LogP contribution in [0.15, 0.2) is 0 Å². The first-order chi connectivity index (χ1) is 7.72. The van der Waals surface area contributed by atoms with Gasteiger partial charge in [0.25, 0.3) is 0 Å². The quantitative estimate of drug-likeness (QED) is 0.469. The van der Waals surface area contributed by atoms with E-state index < -0.39 is 6.04 Å². The lowest BCUT2D eigenvalue weighted by molar-refractivity contribution is -0.144. The lowest BCUT2D eigenvalue weighted by Gasteiger charge is -2.09. The highest BCUT2D eigenvalue weighted by atomic mass is 32.2. The Morgan fingerprint density at radius 1 is 1.31 bits per heavy atom. The summed E-state index contributed by atoms with van der Waals surface area (Å²) in [5.41, 5.74) is 5.65. The summed E-state index contributed by atoms with van der Waals surface area (Å²) in [5.74, 6) is 1.52. The van der Waals surface area contributed by atoms with Crippen molar-refractivity contribution >= 4 is 17.7 Å². The van der Waals surface area contributed by atoms with E-state index in [1.54, 1.807) is 18.7 Å². The van der Waals surface area contributed by atoms with Crippen LogP contribution in [-0.4, -0.2) is 43.3 Å². The molecule has 5 heteroatoms. The van der Waals surface area contributed by atoms with Gasteiger partial charge in [0.1, 0.15) is 6.04 Å². The van der Waals surface area contributed by atoms with Gasteiger partial charge < -0.3 is 15.2 Å². The van der Waals surface area contributed by atoms with Gasteiger partial charge in [-0.1, -0.05) is 6.92 Å². The summed E-state index contributed by atoms with van der Waals surface area (Å²) in [6.45, 7) is 5.86. The number of carbonyl (C=O) groups excluding carboxylic acids is 1. The van der Waals surface area contributed by atoms with E-state index >= 15 is 0 Å². The van der Waals surface area contributed by atoms with Crippen molar-refractivity contribution in [3.05, 3.63) is 0 Å². The zero-order chi connectivity index (χ0) is 12.2. The van der Waals surface area contributed by atoms with E-state index in [4.69, 9.17) is 15.2 Å². The summed E-state index contributed by atoms with van der Waals surface area (Å²) in [7, 11) is 0. The molecule has 0 aliphatic carbocycles. The van der Waals surface area contributed by atoms with Gasteiger partial charge in [0.15, 0.2) is 0 Å². The largest absolute Gasteiger partial charge is 0.465 e. The Morgan fingerprint density at radius 2 is 2.06 bits per heavy atom. The molecule has 4 nitrogen and oxygen atoms in total. The van der Waals surface area contributed by atoms with Gasteiger partial charge in [0, 0.05) is 12.4 Å². The molecule has 96 valence electrons. The number of thioether (sulfide) groups is 1. The molecule has 0 rings (SSSR count). The first kappa shape index (κ1) is 15.7. The van der Waals surface area contributed by atoms with Gasteiger partial charge in [0.05, 0.1) is 13.2 Å². The van der Waals surface area contributed by atoms with Gasteiger partial charge in [-0.05, 0) is 25.5 Å². The third kappa shape index (κ3) is 9.00. The van der Waals surface area contributed by atoms with E-state index in [9.17, 15) is 4.79 Å². The Hall–Kier alpha value is -0.260. The molecule has 1 atom stereocenters. The molecule has 0 heterocycles. The fourth-order valence-electron chi connectivity index (χ4n) is 1.04. The minimum atomic E-state index is -0.482. The van der Waals surface area contributed by atoms with Crippen LogP contribution >= 0.6 is 11.8 Å². The second kappa shape index (κ2) is 11.2. The van der Waals surface area contributed by atoms with Gasteiger partial charge in [-0.25, -0.2) is 0 Å². The molecule has 0 radical (unpaired) electrons. The molecule has 0 bridgehead atoms. The normalized spacial score (nSPS) is 12.4. The maximum atomic E-state index is 11.2. The molecule has 0 aromatic carbocycles. The van der Waals surface area contributed by atoms with Crippen molar-refractivity contribution in [1.29, 1.82) is 0 Å². The van der Waals surface area contributed by atoms with Crippen LogP contribution in [0.25, 0.3) is 0 Å². The van der Waals surface area contributed by atoms with Crippen LogP contribution in [0.5, 0.6) is 0 Å². The molecule has 0 saturated heterocycles. The average molecular weight is 249 g/mol. The first-order valence-electron chi connectivity index (χ1n) is 5.80. The third-order valence-corrected chi connectivity index (χ3v) is 2.86.